The average Bonchev–Trinajstić information content (AvgIpc) is 1.77. The van der Waals surface area contributed by atoms with Gasteiger partial charge in [0.1, 0.15) is 5.75 Å². The summed E-state index contributed by atoms with van der Waals surface area (Å²) in [6.07, 6.45) is 0. The second-order valence-electron chi connectivity index (χ2n) is 1.84. The predicted molar refractivity (Wildman–Crippen MR) is 32.8 cm³/mol. The zero-order valence-corrected chi connectivity index (χ0v) is 6.13. The van der Waals surface area contributed by atoms with Gasteiger partial charge in [-0.05, 0) is 19.1 Å². The molecule has 0 aliphatic heterocycles. The summed E-state index contributed by atoms with van der Waals surface area (Å²) in [4.78, 5) is 0. The van der Waals surface area contributed by atoms with Crippen LogP contribution in [-0.4, -0.2) is 5.11 Å². The van der Waals surface area contributed by atoms with Gasteiger partial charge in [0, 0.05) is 16.8 Å². The van der Waals surface area contributed by atoms with Crippen LogP contribution in [0.2, 0.25) is 0 Å². The number of hydrogen-bond donors (Lipinski definition) is 1. The van der Waals surface area contributed by atoms with Crippen LogP contribution in [0.3, 0.4) is 0 Å². The Hall–Kier alpha value is -0.474. The molecule has 0 saturated heterocycles. The molecular formula is C7H8CoO. The fourth-order valence-electron chi connectivity index (χ4n) is 0.545. The summed E-state index contributed by atoms with van der Waals surface area (Å²) in [6.45, 7) is 1.99. The molecule has 0 atom stereocenters. The van der Waals surface area contributed by atoms with Crippen molar-refractivity contribution in [3.05, 3.63) is 29.8 Å². The Morgan fingerprint density at radius 2 is 1.56 bits per heavy atom. The van der Waals surface area contributed by atoms with E-state index in [2.05, 4.69) is 0 Å². The van der Waals surface area contributed by atoms with E-state index in [1.807, 2.05) is 19.1 Å². The molecule has 0 heterocycles. The first-order valence-corrected chi connectivity index (χ1v) is 2.54. The van der Waals surface area contributed by atoms with Crippen molar-refractivity contribution >= 4 is 0 Å². The van der Waals surface area contributed by atoms with Gasteiger partial charge in [0.15, 0.2) is 0 Å². The Morgan fingerprint density at radius 3 is 1.89 bits per heavy atom. The van der Waals surface area contributed by atoms with Crippen molar-refractivity contribution < 1.29 is 21.9 Å². The zero-order chi connectivity index (χ0) is 5.98. The minimum Gasteiger partial charge on any atom is -0.508 e. The molecule has 0 bridgehead atoms. The summed E-state index contributed by atoms with van der Waals surface area (Å²) in [5.74, 6) is 0.329. The minimum atomic E-state index is 0. The zero-order valence-electron chi connectivity index (χ0n) is 5.09. The van der Waals surface area contributed by atoms with E-state index in [-0.39, 0.29) is 16.8 Å². The first-order chi connectivity index (χ1) is 3.79. The molecule has 1 N–H and O–H groups in total. The Bertz CT molecular complexity index is 148. The number of phenols is 1. The normalized spacial score (nSPS) is 8.11. The molecular weight excluding hydrogens is 159 g/mol. The molecule has 0 aliphatic rings. The Kier molecular flexibility index (Phi) is 3.35. The fraction of sp³-hybridized carbons (Fsp3) is 0.143. The van der Waals surface area contributed by atoms with Crippen molar-refractivity contribution in [2.75, 3.05) is 0 Å². The molecule has 1 rings (SSSR count). The standard InChI is InChI=1S/C7H8O.Co/c1-6-2-4-7(8)5-3-6;/h2-5,8H,1H3;. The van der Waals surface area contributed by atoms with E-state index in [1.165, 1.54) is 5.56 Å². The summed E-state index contributed by atoms with van der Waals surface area (Å²) in [6, 6.07) is 7.09. The van der Waals surface area contributed by atoms with E-state index in [0.29, 0.717) is 5.75 Å². The molecule has 1 radical (unpaired) electrons. The maximum Gasteiger partial charge on any atom is 0.115 e. The van der Waals surface area contributed by atoms with Gasteiger partial charge < -0.3 is 5.11 Å². The quantitative estimate of drug-likeness (QED) is 0.623. The first-order valence-electron chi connectivity index (χ1n) is 2.54. The van der Waals surface area contributed by atoms with E-state index in [1.54, 1.807) is 12.1 Å². The van der Waals surface area contributed by atoms with Gasteiger partial charge in [0.05, 0.1) is 0 Å². The molecule has 1 aromatic rings. The first kappa shape index (κ1) is 8.53. The molecule has 51 valence electrons. The summed E-state index contributed by atoms with van der Waals surface area (Å²) in [7, 11) is 0. The topological polar surface area (TPSA) is 20.2 Å². The minimum absolute atomic E-state index is 0. The van der Waals surface area contributed by atoms with Crippen molar-refractivity contribution in [2.24, 2.45) is 0 Å². The third-order valence-electron chi connectivity index (χ3n) is 1.03. The number of benzene rings is 1. The van der Waals surface area contributed by atoms with Crippen LogP contribution in [0.15, 0.2) is 24.3 Å². The third kappa shape index (κ3) is 2.53. The van der Waals surface area contributed by atoms with Crippen LogP contribution in [0.5, 0.6) is 5.75 Å². The van der Waals surface area contributed by atoms with Gasteiger partial charge in [-0.1, -0.05) is 17.7 Å². The van der Waals surface area contributed by atoms with Gasteiger partial charge in [-0.25, -0.2) is 0 Å². The Morgan fingerprint density at radius 1 is 1.11 bits per heavy atom. The van der Waals surface area contributed by atoms with E-state index in [4.69, 9.17) is 5.11 Å². The summed E-state index contributed by atoms with van der Waals surface area (Å²) in [5.41, 5.74) is 1.17. The van der Waals surface area contributed by atoms with Gasteiger partial charge in [-0.2, -0.15) is 0 Å². The van der Waals surface area contributed by atoms with E-state index in [9.17, 15) is 0 Å². The number of phenolic OH excluding ortho intramolecular Hbond substituents is 1. The average molecular weight is 167 g/mol. The van der Waals surface area contributed by atoms with E-state index < -0.39 is 0 Å². The maximum absolute atomic E-state index is 8.76. The van der Waals surface area contributed by atoms with Crippen molar-refractivity contribution in [3.8, 4) is 5.75 Å². The van der Waals surface area contributed by atoms with E-state index >= 15 is 0 Å². The number of aromatic hydroxyl groups is 1. The molecule has 0 fully saturated rings. The van der Waals surface area contributed by atoms with Crippen molar-refractivity contribution in [3.63, 3.8) is 0 Å². The SMILES string of the molecule is Cc1ccc(O)cc1.[Co]. The summed E-state index contributed by atoms with van der Waals surface area (Å²) >= 11 is 0. The molecule has 0 amide bonds. The summed E-state index contributed by atoms with van der Waals surface area (Å²) in [5, 5.41) is 8.76. The largest absolute Gasteiger partial charge is 0.508 e. The number of rotatable bonds is 0. The van der Waals surface area contributed by atoms with Crippen LogP contribution >= 0.6 is 0 Å². The van der Waals surface area contributed by atoms with Gasteiger partial charge in [0.25, 0.3) is 0 Å². The van der Waals surface area contributed by atoms with Crippen LogP contribution in [0.1, 0.15) is 5.56 Å². The van der Waals surface area contributed by atoms with Crippen molar-refractivity contribution in [2.45, 2.75) is 6.92 Å². The van der Waals surface area contributed by atoms with Crippen LogP contribution in [-0.2, 0) is 16.8 Å². The Balaban J connectivity index is 0.000000640. The molecule has 0 aromatic heterocycles. The summed E-state index contributed by atoms with van der Waals surface area (Å²) < 4.78 is 0. The molecule has 0 spiro atoms. The molecule has 0 aliphatic carbocycles. The smallest absolute Gasteiger partial charge is 0.115 e. The molecule has 0 unspecified atom stereocenters. The van der Waals surface area contributed by atoms with Crippen molar-refractivity contribution in [1.82, 2.24) is 0 Å². The third-order valence-corrected chi connectivity index (χ3v) is 1.03. The molecule has 2 heteroatoms. The fourth-order valence-corrected chi connectivity index (χ4v) is 0.545. The second kappa shape index (κ2) is 3.53. The van der Waals surface area contributed by atoms with Crippen molar-refractivity contribution in [1.29, 1.82) is 0 Å². The van der Waals surface area contributed by atoms with Crippen LogP contribution in [0, 0.1) is 6.92 Å². The van der Waals surface area contributed by atoms with E-state index in [0.717, 1.165) is 0 Å². The second-order valence-corrected chi connectivity index (χ2v) is 1.84. The molecule has 9 heavy (non-hydrogen) atoms. The molecule has 1 nitrogen and oxygen atoms in total. The van der Waals surface area contributed by atoms with Crippen LogP contribution in [0.4, 0.5) is 0 Å². The van der Waals surface area contributed by atoms with Crippen LogP contribution in [0.25, 0.3) is 0 Å². The monoisotopic (exact) mass is 167 g/mol. The molecule has 1 aromatic carbocycles. The van der Waals surface area contributed by atoms with Gasteiger partial charge in [-0.3, -0.25) is 0 Å². The van der Waals surface area contributed by atoms with Gasteiger partial charge in [0.2, 0.25) is 0 Å². The van der Waals surface area contributed by atoms with Gasteiger partial charge in [-0.15, -0.1) is 0 Å². The van der Waals surface area contributed by atoms with Gasteiger partial charge >= 0.3 is 0 Å². The molecule has 0 saturated carbocycles. The number of hydrogen-bond acceptors (Lipinski definition) is 1. The predicted octanol–water partition coefficient (Wildman–Crippen LogP) is 1.70. The Labute approximate surface area is 64.9 Å². The number of aryl methyl sites for hydroxylation is 1. The maximum atomic E-state index is 8.76. The van der Waals surface area contributed by atoms with Crippen LogP contribution < -0.4 is 0 Å².